The topological polar surface area (TPSA) is 40.5 Å². The Morgan fingerprint density at radius 3 is 1.33 bits per heavy atom. The molecule has 0 aromatic carbocycles. The second-order valence-corrected chi connectivity index (χ2v) is 6.20. The Hall–Kier alpha value is -0.0800. The third-order valence-corrected chi connectivity index (χ3v) is 4.31. The first-order valence-corrected chi connectivity index (χ1v) is 7.82. The molecule has 0 fully saturated rings. The van der Waals surface area contributed by atoms with Crippen molar-refractivity contribution in [3.05, 3.63) is 0 Å². The van der Waals surface area contributed by atoms with Crippen molar-refractivity contribution in [3.8, 4) is 0 Å². The van der Waals surface area contributed by atoms with Crippen molar-refractivity contribution >= 4 is 0 Å². The van der Waals surface area contributed by atoms with Gasteiger partial charge in [-0.1, -0.05) is 72.1 Å². The molecular weight excluding hydrogens is 224 g/mol. The summed E-state index contributed by atoms with van der Waals surface area (Å²) in [4.78, 5) is 0. The molecule has 0 atom stereocenters. The molecule has 0 bridgehead atoms. The molecule has 0 rings (SSSR count). The Labute approximate surface area is 114 Å². The van der Waals surface area contributed by atoms with Crippen LogP contribution in [0.25, 0.3) is 0 Å². The molecule has 0 aliphatic rings. The van der Waals surface area contributed by atoms with Crippen molar-refractivity contribution in [1.29, 1.82) is 0 Å². The summed E-state index contributed by atoms with van der Waals surface area (Å²) in [6.45, 7) is 7.98. The van der Waals surface area contributed by atoms with Gasteiger partial charge in [0.2, 0.25) is 0 Å². The third kappa shape index (κ3) is 6.75. The summed E-state index contributed by atoms with van der Waals surface area (Å²) in [6, 6.07) is 0. The maximum atomic E-state index is 10.0. The lowest BCUT2D eigenvalue weighted by molar-refractivity contribution is -0.230. The largest absolute Gasteiger partial charge is 0.365 e. The highest BCUT2D eigenvalue weighted by molar-refractivity contribution is 4.84. The molecule has 0 spiro atoms. The SMILES string of the molecule is CCCCCCC(C)(CCCCCC)C(C)(O)O. The van der Waals surface area contributed by atoms with Gasteiger partial charge in [0.05, 0.1) is 0 Å². The van der Waals surface area contributed by atoms with Gasteiger partial charge in [-0.05, 0) is 19.8 Å². The fourth-order valence-electron chi connectivity index (χ4n) is 2.48. The molecular formula is C16H34O2. The van der Waals surface area contributed by atoms with E-state index in [1.165, 1.54) is 38.5 Å². The number of hydrogen-bond acceptors (Lipinski definition) is 2. The van der Waals surface area contributed by atoms with Crippen molar-refractivity contribution < 1.29 is 10.2 Å². The maximum absolute atomic E-state index is 10.0. The molecule has 0 saturated carbocycles. The highest BCUT2D eigenvalue weighted by atomic mass is 16.5. The van der Waals surface area contributed by atoms with Gasteiger partial charge in [-0.2, -0.15) is 0 Å². The lowest BCUT2D eigenvalue weighted by Gasteiger charge is -2.39. The summed E-state index contributed by atoms with van der Waals surface area (Å²) >= 11 is 0. The second kappa shape index (κ2) is 8.92. The van der Waals surface area contributed by atoms with Crippen LogP contribution in [0.1, 0.15) is 91.9 Å². The molecule has 0 amide bonds. The van der Waals surface area contributed by atoms with Gasteiger partial charge < -0.3 is 10.2 Å². The second-order valence-electron chi connectivity index (χ2n) is 6.20. The van der Waals surface area contributed by atoms with E-state index in [2.05, 4.69) is 13.8 Å². The van der Waals surface area contributed by atoms with Crippen LogP contribution in [0.4, 0.5) is 0 Å². The van der Waals surface area contributed by atoms with Crippen LogP contribution in [0, 0.1) is 5.41 Å². The van der Waals surface area contributed by atoms with Crippen LogP contribution < -0.4 is 0 Å². The average molecular weight is 258 g/mol. The van der Waals surface area contributed by atoms with E-state index in [-0.39, 0.29) is 5.41 Å². The quantitative estimate of drug-likeness (QED) is 0.419. The molecule has 0 saturated heterocycles. The Kier molecular flexibility index (Phi) is 8.89. The predicted octanol–water partition coefficient (Wildman–Crippen LogP) is 4.63. The average Bonchev–Trinajstić information content (AvgIpc) is 2.29. The molecule has 0 aromatic heterocycles. The van der Waals surface area contributed by atoms with Crippen LogP contribution in [0.15, 0.2) is 0 Å². The molecule has 2 heteroatoms. The first-order valence-electron chi connectivity index (χ1n) is 7.82. The van der Waals surface area contributed by atoms with E-state index in [0.717, 1.165) is 25.7 Å². The van der Waals surface area contributed by atoms with E-state index >= 15 is 0 Å². The number of unbranched alkanes of at least 4 members (excludes halogenated alkanes) is 6. The fraction of sp³-hybridized carbons (Fsp3) is 1.00. The molecule has 0 unspecified atom stereocenters. The molecule has 2 N–H and O–H groups in total. The van der Waals surface area contributed by atoms with Crippen molar-refractivity contribution in [3.63, 3.8) is 0 Å². The summed E-state index contributed by atoms with van der Waals surface area (Å²) in [7, 11) is 0. The van der Waals surface area contributed by atoms with E-state index in [9.17, 15) is 10.2 Å². The van der Waals surface area contributed by atoms with Crippen molar-refractivity contribution in [2.24, 2.45) is 5.41 Å². The first kappa shape index (κ1) is 17.9. The zero-order chi connectivity index (χ0) is 14.1. The monoisotopic (exact) mass is 258 g/mol. The maximum Gasteiger partial charge on any atom is 0.165 e. The minimum atomic E-state index is -1.55. The van der Waals surface area contributed by atoms with E-state index in [1.807, 2.05) is 6.92 Å². The van der Waals surface area contributed by atoms with Crippen LogP contribution in [0.5, 0.6) is 0 Å². The minimum Gasteiger partial charge on any atom is -0.365 e. The molecule has 0 aromatic rings. The van der Waals surface area contributed by atoms with Crippen molar-refractivity contribution in [2.45, 2.75) is 97.7 Å². The predicted molar refractivity (Wildman–Crippen MR) is 78.5 cm³/mol. The fourth-order valence-corrected chi connectivity index (χ4v) is 2.48. The first-order chi connectivity index (χ1) is 8.37. The number of hydrogen-bond donors (Lipinski definition) is 2. The highest BCUT2D eigenvalue weighted by Gasteiger charge is 2.40. The van der Waals surface area contributed by atoms with Gasteiger partial charge in [0.15, 0.2) is 5.79 Å². The van der Waals surface area contributed by atoms with Gasteiger partial charge >= 0.3 is 0 Å². The van der Waals surface area contributed by atoms with E-state index < -0.39 is 5.79 Å². The van der Waals surface area contributed by atoms with E-state index in [1.54, 1.807) is 6.92 Å². The smallest absolute Gasteiger partial charge is 0.165 e. The zero-order valence-electron chi connectivity index (χ0n) is 13.0. The number of rotatable bonds is 11. The Morgan fingerprint density at radius 1 is 0.667 bits per heavy atom. The third-order valence-electron chi connectivity index (χ3n) is 4.31. The van der Waals surface area contributed by atoms with Gasteiger partial charge in [0, 0.05) is 5.41 Å². The molecule has 2 nitrogen and oxygen atoms in total. The molecule has 0 aliphatic carbocycles. The molecule has 110 valence electrons. The molecule has 0 aliphatic heterocycles. The van der Waals surface area contributed by atoms with Crippen LogP contribution >= 0.6 is 0 Å². The standard InChI is InChI=1S/C16H34O2/c1-5-7-9-11-13-15(3,16(4,17)18)14-12-10-8-6-2/h17-18H,5-14H2,1-4H3. The summed E-state index contributed by atoms with van der Waals surface area (Å²) in [5, 5.41) is 20.0. The summed E-state index contributed by atoms with van der Waals surface area (Å²) in [6.07, 6.45) is 11.4. The normalized spacial score (nSPS) is 13.0. The van der Waals surface area contributed by atoms with Crippen molar-refractivity contribution in [1.82, 2.24) is 0 Å². The zero-order valence-corrected chi connectivity index (χ0v) is 13.0. The highest BCUT2D eigenvalue weighted by Crippen LogP contribution is 2.39. The van der Waals surface area contributed by atoms with Gasteiger partial charge in [0.1, 0.15) is 0 Å². The van der Waals surface area contributed by atoms with Gasteiger partial charge in [-0.15, -0.1) is 0 Å². The van der Waals surface area contributed by atoms with E-state index in [0.29, 0.717) is 0 Å². The van der Waals surface area contributed by atoms with Crippen LogP contribution in [-0.2, 0) is 0 Å². The van der Waals surface area contributed by atoms with Gasteiger partial charge in [-0.25, -0.2) is 0 Å². The lowest BCUT2D eigenvalue weighted by atomic mass is 9.73. The summed E-state index contributed by atoms with van der Waals surface area (Å²) < 4.78 is 0. The Morgan fingerprint density at radius 2 is 1.06 bits per heavy atom. The molecule has 0 radical (unpaired) electrons. The number of aliphatic hydroxyl groups is 2. The van der Waals surface area contributed by atoms with Crippen LogP contribution in [-0.4, -0.2) is 16.0 Å². The van der Waals surface area contributed by atoms with Crippen LogP contribution in [0.3, 0.4) is 0 Å². The minimum absolute atomic E-state index is 0.353. The van der Waals surface area contributed by atoms with Gasteiger partial charge in [0.25, 0.3) is 0 Å². The Bertz CT molecular complexity index is 182. The van der Waals surface area contributed by atoms with E-state index in [4.69, 9.17) is 0 Å². The van der Waals surface area contributed by atoms with Crippen molar-refractivity contribution in [2.75, 3.05) is 0 Å². The molecule has 18 heavy (non-hydrogen) atoms. The summed E-state index contributed by atoms with van der Waals surface area (Å²) in [5.41, 5.74) is -0.353. The Balaban J connectivity index is 4.17. The lowest BCUT2D eigenvalue weighted by Crippen LogP contribution is -2.43. The van der Waals surface area contributed by atoms with Crippen LogP contribution in [0.2, 0.25) is 0 Å². The molecule has 0 heterocycles. The summed E-state index contributed by atoms with van der Waals surface area (Å²) in [5.74, 6) is -1.55. The van der Waals surface area contributed by atoms with Gasteiger partial charge in [-0.3, -0.25) is 0 Å².